The summed E-state index contributed by atoms with van der Waals surface area (Å²) in [4.78, 5) is 38.9. The van der Waals surface area contributed by atoms with E-state index in [1.807, 2.05) is 12.3 Å². The van der Waals surface area contributed by atoms with Crippen LogP contribution >= 0.6 is 0 Å². The maximum atomic E-state index is 14.9. The minimum atomic E-state index is -0.939. The number of hydrogen-bond donors (Lipinski definition) is 0. The topological polar surface area (TPSA) is 77.9 Å². The number of cyclic esters (lactones) is 1. The number of ketones is 1. The zero-order valence-corrected chi connectivity index (χ0v) is 21.2. The molecule has 5 rings (SSSR count). The van der Waals surface area contributed by atoms with Crippen LogP contribution in [0.4, 0.5) is 4.39 Å². The van der Waals surface area contributed by atoms with E-state index in [-0.39, 0.29) is 24.5 Å². The number of carbonyl (C=O) groups excluding carboxylic acids is 2. The summed E-state index contributed by atoms with van der Waals surface area (Å²) in [5.74, 6) is -1.26. The van der Waals surface area contributed by atoms with E-state index in [0.717, 1.165) is 31.2 Å². The number of Topliss-reactive ketones (excluding diaryl/α,β-unsaturated/α-hetero) is 1. The van der Waals surface area contributed by atoms with Crippen molar-refractivity contribution >= 4 is 17.5 Å². The number of rotatable bonds is 7. The number of imidazole rings is 1. The first-order valence-electron chi connectivity index (χ1n) is 12.9. The Labute approximate surface area is 215 Å². The van der Waals surface area contributed by atoms with E-state index in [1.165, 1.54) is 6.07 Å². The van der Waals surface area contributed by atoms with Gasteiger partial charge in [0.1, 0.15) is 17.3 Å². The number of halogens is 1. The first-order valence-corrected chi connectivity index (χ1v) is 12.9. The highest BCUT2D eigenvalue weighted by atomic mass is 19.1. The van der Waals surface area contributed by atoms with Crippen molar-refractivity contribution in [3.63, 3.8) is 0 Å². The van der Waals surface area contributed by atoms with Crippen LogP contribution in [-0.2, 0) is 32.7 Å². The minimum Gasteiger partial charge on any atom is -0.458 e. The molecule has 2 unspecified atom stereocenters. The summed E-state index contributed by atoms with van der Waals surface area (Å²) in [6.07, 6.45) is 10.5. The second-order valence-electron chi connectivity index (χ2n) is 10.9. The molecule has 8 heteroatoms. The van der Waals surface area contributed by atoms with Gasteiger partial charge in [-0.3, -0.25) is 14.0 Å². The molecule has 3 aromatic rings. The third-order valence-corrected chi connectivity index (χ3v) is 8.06. The van der Waals surface area contributed by atoms with Crippen molar-refractivity contribution in [1.29, 1.82) is 0 Å². The Morgan fingerprint density at radius 1 is 1.27 bits per heavy atom. The fraction of sp³-hybridized carbons (Fsp3) is 0.483. The Kier molecular flexibility index (Phi) is 6.57. The van der Waals surface area contributed by atoms with E-state index in [9.17, 15) is 14.0 Å². The second kappa shape index (κ2) is 9.70. The maximum Gasteiger partial charge on any atom is 0.317 e. The number of esters is 1. The number of aromatic nitrogens is 3. The van der Waals surface area contributed by atoms with Crippen molar-refractivity contribution < 1.29 is 18.7 Å². The fourth-order valence-electron chi connectivity index (χ4n) is 5.89. The first kappa shape index (κ1) is 25.1. The van der Waals surface area contributed by atoms with E-state index in [2.05, 4.69) is 14.8 Å². The predicted octanol–water partition coefficient (Wildman–Crippen LogP) is 5.26. The van der Waals surface area contributed by atoms with Crippen molar-refractivity contribution in [3.05, 3.63) is 76.9 Å². The normalized spacial score (nSPS) is 22.8. The number of aryl methyl sites for hydroxylation is 1. The van der Waals surface area contributed by atoms with Crippen molar-refractivity contribution in [3.8, 4) is 0 Å². The average molecular weight is 503 g/mol. The zero-order valence-electron chi connectivity index (χ0n) is 21.2. The molecule has 2 aromatic heterocycles. The lowest BCUT2D eigenvalue weighted by Crippen LogP contribution is -2.52. The van der Waals surface area contributed by atoms with Gasteiger partial charge < -0.3 is 9.58 Å². The van der Waals surface area contributed by atoms with Crippen molar-refractivity contribution in [2.24, 2.45) is 11.8 Å². The van der Waals surface area contributed by atoms with Crippen LogP contribution in [0.2, 0.25) is 0 Å². The van der Waals surface area contributed by atoms with Gasteiger partial charge in [0.25, 0.3) is 5.54 Å². The average Bonchev–Trinajstić information content (AvgIpc) is 3.55. The van der Waals surface area contributed by atoms with Gasteiger partial charge >= 0.3 is 5.97 Å². The molecular formula is C29H31FN4O3. The molecule has 192 valence electrons. The van der Waals surface area contributed by atoms with E-state index >= 15 is 0 Å². The molecule has 1 aliphatic carbocycles. The largest absolute Gasteiger partial charge is 0.458 e. The summed E-state index contributed by atoms with van der Waals surface area (Å²) in [6, 6.07) is 6.76. The van der Waals surface area contributed by atoms with Crippen LogP contribution in [0.15, 0.2) is 42.9 Å². The fourth-order valence-corrected chi connectivity index (χ4v) is 5.89. The van der Waals surface area contributed by atoms with E-state index in [0.29, 0.717) is 29.9 Å². The number of ether oxygens (including phenoxy) is 1. The molecule has 0 spiro atoms. The van der Waals surface area contributed by atoms with Gasteiger partial charge in [-0.15, -0.1) is 0 Å². The van der Waals surface area contributed by atoms with Gasteiger partial charge in [0.2, 0.25) is 5.78 Å². The number of nitrogens with zero attached hydrogens (tertiary/aromatic N) is 4. The highest BCUT2D eigenvalue weighted by Crippen LogP contribution is 2.45. The van der Waals surface area contributed by atoms with Gasteiger partial charge in [0.05, 0.1) is 11.3 Å². The van der Waals surface area contributed by atoms with Crippen molar-refractivity contribution in [2.75, 3.05) is 0 Å². The van der Waals surface area contributed by atoms with Gasteiger partial charge in [0.15, 0.2) is 5.78 Å². The third kappa shape index (κ3) is 4.87. The molecule has 1 saturated carbocycles. The van der Waals surface area contributed by atoms with Gasteiger partial charge in [-0.25, -0.2) is 20.9 Å². The summed E-state index contributed by atoms with van der Waals surface area (Å²) < 4.78 is 22.8. The summed E-state index contributed by atoms with van der Waals surface area (Å²) in [7, 11) is 0. The molecule has 2 aliphatic rings. The van der Waals surface area contributed by atoms with E-state index in [1.54, 1.807) is 42.8 Å². The molecule has 0 bridgehead atoms. The first-order chi connectivity index (χ1) is 17.7. The molecular weight excluding hydrogens is 471 g/mol. The highest BCUT2D eigenvalue weighted by molar-refractivity contribution is 6.01. The molecule has 7 nitrogen and oxygen atoms in total. The molecule has 3 heterocycles. The lowest BCUT2D eigenvalue weighted by molar-refractivity contribution is -0.185. The number of carbonyl (C=O) groups is 2. The Morgan fingerprint density at radius 3 is 2.73 bits per heavy atom. The molecule has 37 heavy (non-hydrogen) atoms. The predicted molar refractivity (Wildman–Crippen MR) is 135 cm³/mol. The second-order valence-corrected chi connectivity index (χ2v) is 10.9. The molecule has 0 amide bonds. The molecule has 2 atom stereocenters. The quantitative estimate of drug-likeness (QED) is 0.250. The molecule has 0 radical (unpaired) electrons. The Bertz CT molecular complexity index is 1330. The Morgan fingerprint density at radius 2 is 2.05 bits per heavy atom. The van der Waals surface area contributed by atoms with Crippen molar-refractivity contribution in [2.45, 2.75) is 76.4 Å². The molecule has 1 aromatic carbocycles. The number of hydrogen-bond acceptors (Lipinski definition) is 5. The van der Waals surface area contributed by atoms with Crippen LogP contribution in [0.25, 0.3) is 10.6 Å². The van der Waals surface area contributed by atoms with Crippen LogP contribution in [0, 0.1) is 24.2 Å². The zero-order chi connectivity index (χ0) is 26.2. The molecule has 2 fully saturated rings. The smallest absolute Gasteiger partial charge is 0.317 e. The van der Waals surface area contributed by atoms with Gasteiger partial charge in [0, 0.05) is 45.3 Å². The van der Waals surface area contributed by atoms with Gasteiger partial charge in [-0.2, -0.15) is 0 Å². The monoisotopic (exact) mass is 502 g/mol. The van der Waals surface area contributed by atoms with Crippen LogP contribution in [0.5, 0.6) is 0 Å². The van der Waals surface area contributed by atoms with Crippen LogP contribution < -0.4 is 0 Å². The van der Waals surface area contributed by atoms with E-state index < -0.39 is 28.8 Å². The summed E-state index contributed by atoms with van der Waals surface area (Å²) in [5, 5.41) is 0. The van der Waals surface area contributed by atoms with Crippen LogP contribution in [0.1, 0.15) is 69.2 Å². The SMILES string of the molecule is [C-]#[N+]C(C)(C)c1ccc(CCC2(C3CCCC3)CC(=O)C(Cc3cn4cccnc4n3)C(=O)O2)cc1F. The molecule has 1 aliphatic heterocycles. The molecule has 1 saturated heterocycles. The van der Waals surface area contributed by atoms with Crippen molar-refractivity contribution in [1.82, 2.24) is 14.4 Å². The highest BCUT2D eigenvalue weighted by Gasteiger charge is 2.51. The lowest BCUT2D eigenvalue weighted by Gasteiger charge is -2.43. The van der Waals surface area contributed by atoms with Gasteiger partial charge in [-0.1, -0.05) is 18.9 Å². The molecule has 0 N–H and O–H groups in total. The maximum absolute atomic E-state index is 14.9. The standard InChI is InChI=1S/C29H31FN4O3/c1-28(2,31-3)23-10-9-19(15-24(23)30)11-12-29(20-7-4-5-8-20)17-25(35)22(26(36)37-29)16-21-18-34-14-6-13-32-27(34)33-21/h6,9-10,13-15,18,20,22H,4-5,7-8,11-12,16-17H2,1-2H3. The number of fused-ring (bicyclic) bond motifs is 1. The number of benzene rings is 1. The minimum absolute atomic E-state index is 0.117. The lowest BCUT2D eigenvalue weighted by atomic mass is 9.73. The summed E-state index contributed by atoms with van der Waals surface area (Å²) in [6.45, 7) is 10.7. The Balaban J connectivity index is 1.34. The summed E-state index contributed by atoms with van der Waals surface area (Å²) in [5.41, 5.74) is -0.0547. The van der Waals surface area contributed by atoms with Crippen LogP contribution in [0.3, 0.4) is 0 Å². The van der Waals surface area contributed by atoms with Crippen LogP contribution in [-0.4, -0.2) is 31.7 Å². The van der Waals surface area contributed by atoms with Gasteiger partial charge in [-0.05, 0) is 55.4 Å². The van der Waals surface area contributed by atoms with E-state index in [4.69, 9.17) is 11.3 Å². The Hall–Kier alpha value is -3.60. The summed E-state index contributed by atoms with van der Waals surface area (Å²) >= 11 is 0. The third-order valence-electron chi connectivity index (χ3n) is 8.06.